The van der Waals surface area contributed by atoms with Gasteiger partial charge in [0.15, 0.2) is 0 Å². The van der Waals surface area contributed by atoms with E-state index in [1.807, 2.05) is 43.5 Å². The van der Waals surface area contributed by atoms with Gasteiger partial charge in [-0.2, -0.15) is 0 Å². The Labute approximate surface area is 123 Å². The monoisotopic (exact) mass is 294 g/mol. The molecule has 0 aliphatic rings. The zero-order valence-corrected chi connectivity index (χ0v) is 12.8. The first-order chi connectivity index (χ1) is 9.62. The molecule has 1 atom stereocenters. The van der Waals surface area contributed by atoms with Crippen molar-refractivity contribution in [1.82, 2.24) is 9.55 Å². The van der Waals surface area contributed by atoms with Gasteiger partial charge < -0.3 is 9.30 Å². The van der Waals surface area contributed by atoms with Crippen molar-refractivity contribution in [2.75, 3.05) is 6.61 Å². The summed E-state index contributed by atoms with van der Waals surface area (Å²) in [5.41, 5.74) is 1.81. The molecule has 0 saturated heterocycles. The Kier molecular flexibility index (Phi) is 4.65. The summed E-state index contributed by atoms with van der Waals surface area (Å²) in [5.74, 6) is 0.206. The Bertz CT molecular complexity index is 622. The standard InChI is InChI=1S/C15H19ClN2O2/c1-4-11(15(19)20-6-3)14-17-12-8-7-10(16)9-13(12)18(14)5-2/h7-9,11H,4-6H2,1-3H3. The molecular formula is C15H19ClN2O2. The number of rotatable bonds is 5. The van der Waals surface area contributed by atoms with Crippen LogP contribution in [0.2, 0.25) is 5.02 Å². The predicted octanol–water partition coefficient (Wildman–Crippen LogP) is 3.77. The zero-order valence-electron chi connectivity index (χ0n) is 12.0. The van der Waals surface area contributed by atoms with Crippen molar-refractivity contribution in [3.8, 4) is 0 Å². The minimum Gasteiger partial charge on any atom is -0.465 e. The van der Waals surface area contributed by atoms with Crippen LogP contribution >= 0.6 is 11.6 Å². The predicted molar refractivity (Wildman–Crippen MR) is 80.1 cm³/mol. The maximum Gasteiger partial charge on any atom is 0.316 e. The number of nitrogens with zero attached hydrogens (tertiary/aromatic N) is 2. The number of benzene rings is 1. The molecule has 0 radical (unpaired) electrons. The summed E-state index contributed by atoms with van der Waals surface area (Å²) in [6.45, 7) is 6.93. The largest absolute Gasteiger partial charge is 0.465 e. The van der Waals surface area contributed by atoms with Crippen LogP contribution in [-0.4, -0.2) is 22.1 Å². The molecule has 0 fully saturated rings. The molecule has 2 aromatic rings. The van der Waals surface area contributed by atoms with Crippen LogP contribution in [0.3, 0.4) is 0 Å². The topological polar surface area (TPSA) is 44.1 Å². The van der Waals surface area contributed by atoms with Crippen molar-refractivity contribution >= 4 is 28.6 Å². The molecular weight excluding hydrogens is 276 g/mol. The molecule has 0 spiro atoms. The Hall–Kier alpha value is -1.55. The zero-order chi connectivity index (χ0) is 14.7. The van der Waals surface area contributed by atoms with Gasteiger partial charge in [0.2, 0.25) is 0 Å². The van der Waals surface area contributed by atoms with E-state index in [1.165, 1.54) is 0 Å². The van der Waals surface area contributed by atoms with Crippen LogP contribution in [0.5, 0.6) is 0 Å². The van der Waals surface area contributed by atoms with Crippen LogP contribution in [-0.2, 0) is 16.1 Å². The van der Waals surface area contributed by atoms with E-state index in [2.05, 4.69) is 4.98 Å². The van der Waals surface area contributed by atoms with E-state index < -0.39 is 0 Å². The highest BCUT2D eigenvalue weighted by atomic mass is 35.5. The van der Waals surface area contributed by atoms with Gasteiger partial charge in [0.05, 0.1) is 17.6 Å². The maximum absolute atomic E-state index is 12.1. The second-order valence-corrected chi connectivity index (χ2v) is 5.00. The lowest BCUT2D eigenvalue weighted by Gasteiger charge is -2.14. The van der Waals surface area contributed by atoms with E-state index in [-0.39, 0.29) is 11.9 Å². The quantitative estimate of drug-likeness (QED) is 0.789. The lowest BCUT2D eigenvalue weighted by Crippen LogP contribution is -2.19. The summed E-state index contributed by atoms with van der Waals surface area (Å²) in [4.78, 5) is 16.7. The number of aryl methyl sites for hydroxylation is 1. The lowest BCUT2D eigenvalue weighted by atomic mass is 10.1. The first-order valence-electron chi connectivity index (χ1n) is 6.94. The Morgan fingerprint density at radius 3 is 2.75 bits per heavy atom. The van der Waals surface area contributed by atoms with Crippen molar-refractivity contribution in [2.24, 2.45) is 0 Å². The SMILES string of the molecule is CCOC(=O)C(CC)c1nc2ccc(Cl)cc2n1CC. The van der Waals surface area contributed by atoms with Gasteiger partial charge in [-0.1, -0.05) is 18.5 Å². The van der Waals surface area contributed by atoms with Crippen LogP contribution in [0.4, 0.5) is 0 Å². The minimum absolute atomic E-state index is 0.217. The summed E-state index contributed by atoms with van der Waals surface area (Å²) < 4.78 is 7.18. The fraction of sp³-hybridized carbons (Fsp3) is 0.467. The van der Waals surface area contributed by atoms with E-state index in [0.717, 1.165) is 23.4 Å². The number of hydrogen-bond acceptors (Lipinski definition) is 3. The molecule has 1 unspecified atom stereocenters. The third kappa shape index (κ3) is 2.66. The average Bonchev–Trinajstić information content (AvgIpc) is 2.77. The van der Waals surface area contributed by atoms with Crippen molar-refractivity contribution < 1.29 is 9.53 Å². The second kappa shape index (κ2) is 6.27. The molecule has 108 valence electrons. The van der Waals surface area contributed by atoms with Crippen LogP contribution < -0.4 is 0 Å². The smallest absolute Gasteiger partial charge is 0.316 e. The molecule has 1 heterocycles. The van der Waals surface area contributed by atoms with Crippen molar-refractivity contribution in [2.45, 2.75) is 39.7 Å². The molecule has 20 heavy (non-hydrogen) atoms. The van der Waals surface area contributed by atoms with Crippen molar-refractivity contribution in [1.29, 1.82) is 0 Å². The highest BCUT2D eigenvalue weighted by Crippen LogP contribution is 2.27. The molecule has 5 heteroatoms. The number of halogens is 1. The van der Waals surface area contributed by atoms with Crippen LogP contribution in [0, 0.1) is 0 Å². The molecule has 2 rings (SSSR count). The van der Waals surface area contributed by atoms with Gasteiger partial charge in [-0.05, 0) is 38.5 Å². The van der Waals surface area contributed by atoms with Crippen LogP contribution in [0.1, 0.15) is 38.9 Å². The van der Waals surface area contributed by atoms with Crippen molar-refractivity contribution in [3.63, 3.8) is 0 Å². The van der Waals surface area contributed by atoms with Crippen molar-refractivity contribution in [3.05, 3.63) is 29.0 Å². The van der Waals surface area contributed by atoms with Gasteiger partial charge in [-0.15, -0.1) is 0 Å². The van der Waals surface area contributed by atoms with Gasteiger partial charge in [0, 0.05) is 11.6 Å². The van der Waals surface area contributed by atoms with Crippen LogP contribution in [0.15, 0.2) is 18.2 Å². The molecule has 0 bridgehead atoms. The van der Waals surface area contributed by atoms with Crippen LogP contribution in [0.25, 0.3) is 11.0 Å². The van der Waals surface area contributed by atoms with Gasteiger partial charge in [-0.25, -0.2) is 4.98 Å². The molecule has 0 amide bonds. The van der Waals surface area contributed by atoms with E-state index in [9.17, 15) is 4.79 Å². The van der Waals surface area contributed by atoms with Gasteiger partial charge in [0.25, 0.3) is 0 Å². The normalized spacial score (nSPS) is 12.6. The third-order valence-corrected chi connectivity index (χ3v) is 3.58. The number of imidazole rings is 1. The summed E-state index contributed by atoms with van der Waals surface area (Å²) in [6.07, 6.45) is 0.663. The molecule has 0 aliphatic heterocycles. The highest BCUT2D eigenvalue weighted by molar-refractivity contribution is 6.31. The molecule has 1 aromatic carbocycles. The number of carbonyl (C=O) groups is 1. The van der Waals surface area contributed by atoms with E-state index in [4.69, 9.17) is 16.3 Å². The summed E-state index contributed by atoms with van der Waals surface area (Å²) in [7, 11) is 0. The van der Waals surface area contributed by atoms with Gasteiger partial charge >= 0.3 is 5.97 Å². The summed E-state index contributed by atoms with van der Waals surface area (Å²) in [6, 6.07) is 5.58. The van der Waals surface area contributed by atoms with Gasteiger partial charge in [-0.3, -0.25) is 4.79 Å². The second-order valence-electron chi connectivity index (χ2n) is 4.56. The summed E-state index contributed by atoms with van der Waals surface area (Å²) >= 11 is 6.05. The number of fused-ring (bicyclic) bond motifs is 1. The Morgan fingerprint density at radius 2 is 2.15 bits per heavy atom. The molecule has 0 saturated carbocycles. The molecule has 0 N–H and O–H groups in total. The average molecular weight is 295 g/mol. The van der Waals surface area contributed by atoms with E-state index in [0.29, 0.717) is 18.1 Å². The van der Waals surface area contributed by atoms with Gasteiger partial charge in [0.1, 0.15) is 11.7 Å². The fourth-order valence-electron chi connectivity index (χ4n) is 2.41. The molecule has 1 aromatic heterocycles. The third-order valence-electron chi connectivity index (χ3n) is 3.35. The molecule has 0 aliphatic carbocycles. The number of esters is 1. The number of hydrogen-bond donors (Lipinski definition) is 0. The molecule has 4 nitrogen and oxygen atoms in total. The Morgan fingerprint density at radius 1 is 1.40 bits per heavy atom. The number of carbonyl (C=O) groups excluding carboxylic acids is 1. The van der Waals surface area contributed by atoms with E-state index >= 15 is 0 Å². The minimum atomic E-state index is -0.332. The Balaban J connectivity index is 2.54. The highest BCUT2D eigenvalue weighted by Gasteiger charge is 2.26. The fourth-order valence-corrected chi connectivity index (χ4v) is 2.58. The summed E-state index contributed by atoms with van der Waals surface area (Å²) in [5, 5.41) is 0.669. The maximum atomic E-state index is 12.1. The number of ether oxygens (including phenoxy) is 1. The first kappa shape index (κ1) is 14.9. The lowest BCUT2D eigenvalue weighted by molar-refractivity contribution is -0.145. The number of aromatic nitrogens is 2. The van der Waals surface area contributed by atoms with E-state index in [1.54, 1.807) is 0 Å². The first-order valence-corrected chi connectivity index (χ1v) is 7.32.